The van der Waals surface area contributed by atoms with Crippen molar-refractivity contribution in [1.29, 1.82) is 0 Å². The number of nitrogens with two attached hydrogens (primary N) is 1. The first-order chi connectivity index (χ1) is 9.72. The number of rotatable bonds is 6. The summed E-state index contributed by atoms with van der Waals surface area (Å²) < 4.78 is 5.74. The molecule has 6 heteroatoms. The number of carbonyl (C=O) groups is 1. The summed E-state index contributed by atoms with van der Waals surface area (Å²) >= 11 is 1.60. The maximum absolute atomic E-state index is 11.0. The summed E-state index contributed by atoms with van der Waals surface area (Å²) in [5, 5.41) is 10.3. The molecule has 0 aliphatic heterocycles. The van der Waals surface area contributed by atoms with Gasteiger partial charge >= 0.3 is 0 Å². The summed E-state index contributed by atoms with van der Waals surface area (Å²) in [6.45, 7) is 0.375. The molecule has 0 atom stereocenters. The lowest BCUT2D eigenvalue weighted by molar-refractivity contribution is -0.117. The number of para-hydroxylation sites is 1. The Morgan fingerprint density at radius 1 is 1.35 bits per heavy atom. The lowest BCUT2D eigenvalue weighted by atomic mass is 10.1. The van der Waals surface area contributed by atoms with Crippen LogP contribution in [0.1, 0.15) is 34.3 Å². The standard InChI is InChI=1S/C14H15N3O2S/c15-12(18)7-10-3-1-2-4-11(10)19-8-13-16-17-14(20-13)9-5-6-9/h1-4,9H,5-8H2,(H2,15,18). The molecule has 1 amide bonds. The van der Waals surface area contributed by atoms with E-state index in [0.717, 1.165) is 15.6 Å². The summed E-state index contributed by atoms with van der Waals surface area (Å²) in [4.78, 5) is 11.0. The second kappa shape index (κ2) is 5.58. The molecule has 0 radical (unpaired) electrons. The molecule has 0 unspecified atom stereocenters. The van der Waals surface area contributed by atoms with Crippen LogP contribution in [-0.4, -0.2) is 16.1 Å². The topological polar surface area (TPSA) is 78.1 Å². The third-order valence-corrected chi connectivity index (χ3v) is 4.16. The Kier molecular flexibility index (Phi) is 3.64. The van der Waals surface area contributed by atoms with Crippen LogP contribution in [0.2, 0.25) is 0 Å². The van der Waals surface area contributed by atoms with Crippen molar-refractivity contribution in [1.82, 2.24) is 10.2 Å². The van der Waals surface area contributed by atoms with Gasteiger partial charge in [0.15, 0.2) is 5.01 Å². The number of nitrogens with zero attached hydrogens (tertiary/aromatic N) is 2. The van der Waals surface area contributed by atoms with Crippen molar-refractivity contribution in [3.63, 3.8) is 0 Å². The van der Waals surface area contributed by atoms with E-state index in [0.29, 0.717) is 18.3 Å². The molecule has 2 aromatic rings. The van der Waals surface area contributed by atoms with Gasteiger partial charge in [0.25, 0.3) is 0 Å². The zero-order valence-electron chi connectivity index (χ0n) is 10.9. The molecule has 0 saturated heterocycles. The summed E-state index contributed by atoms with van der Waals surface area (Å²) in [6, 6.07) is 7.41. The third kappa shape index (κ3) is 3.14. The maximum atomic E-state index is 11.0. The van der Waals surface area contributed by atoms with Gasteiger partial charge < -0.3 is 10.5 Å². The second-order valence-electron chi connectivity index (χ2n) is 4.85. The smallest absolute Gasteiger partial charge is 0.221 e. The van der Waals surface area contributed by atoms with Gasteiger partial charge in [0, 0.05) is 11.5 Å². The van der Waals surface area contributed by atoms with Gasteiger partial charge in [-0.05, 0) is 18.9 Å². The van der Waals surface area contributed by atoms with Crippen LogP contribution in [0, 0.1) is 0 Å². The van der Waals surface area contributed by atoms with E-state index in [-0.39, 0.29) is 12.3 Å². The summed E-state index contributed by atoms with van der Waals surface area (Å²) in [7, 11) is 0. The van der Waals surface area contributed by atoms with Crippen molar-refractivity contribution in [2.75, 3.05) is 0 Å². The van der Waals surface area contributed by atoms with Crippen LogP contribution in [0.15, 0.2) is 24.3 Å². The minimum Gasteiger partial charge on any atom is -0.486 e. The monoisotopic (exact) mass is 289 g/mol. The lowest BCUT2D eigenvalue weighted by Crippen LogP contribution is -2.14. The van der Waals surface area contributed by atoms with Crippen LogP contribution < -0.4 is 10.5 Å². The number of benzene rings is 1. The Labute approximate surface area is 120 Å². The van der Waals surface area contributed by atoms with E-state index in [2.05, 4.69) is 10.2 Å². The molecule has 20 heavy (non-hydrogen) atoms. The molecule has 104 valence electrons. The van der Waals surface area contributed by atoms with Gasteiger partial charge in [-0.3, -0.25) is 4.79 Å². The normalized spacial score (nSPS) is 14.2. The highest BCUT2D eigenvalue weighted by Gasteiger charge is 2.27. The summed E-state index contributed by atoms with van der Waals surface area (Å²) in [5.74, 6) is 0.922. The Bertz CT molecular complexity index is 622. The van der Waals surface area contributed by atoms with E-state index in [1.807, 2.05) is 24.3 Å². The second-order valence-corrected chi connectivity index (χ2v) is 5.94. The Morgan fingerprint density at radius 2 is 2.15 bits per heavy atom. The Hall–Kier alpha value is -1.95. The molecule has 1 fully saturated rings. The molecular weight excluding hydrogens is 274 g/mol. The van der Waals surface area contributed by atoms with Crippen molar-refractivity contribution in [3.05, 3.63) is 39.8 Å². The molecule has 0 spiro atoms. The van der Waals surface area contributed by atoms with Crippen molar-refractivity contribution in [3.8, 4) is 5.75 Å². The lowest BCUT2D eigenvalue weighted by Gasteiger charge is -2.08. The van der Waals surface area contributed by atoms with E-state index in [1.54, 1.807) is 11.3 Å². The predicted octanol–water partition coefficient (Wildman–Crippen LogP) is 2.02. The average Bonchev–Trinajstić information content (AvgIpc) is 3.17. The zero-order chi connectivity index (χ0) is 13.9. The van der Waals surface area contributed by atoms with Gasteiger partial charge in [-0.25, -0.2) is 0 Å². The molecule has 1 aliphatic rings. The fraction of sp³-hybridized carbons (Fsp3) is 0.357. The van der Waals surface area contributed by atoms with Gasteiger partial charge in [0.1, 0.15) is 17.4 Å². The van der Waals surface area contributed by atoms with E-state index in [9.17, 15) is 4.79 Å². The molecular formula is C14H15N3O2S. The maximum Gasteiger partial charge on any atom is 0.221 e. The Morgan fingerprint density at radius 3 is 2.90 bits per heavy atom. The largest absolute Gasteiger partial charge is 0.486 e. The third-order valence-electron chi connectivity index (χ3n) is 3.10. The quantitative estimate of drug-likeness (QED) is 0.882. The van der Waals surface area contributed by atoms with E-state index in [1.165, 1.54) is 12.8 Å². The van der Waals surface area contributed by atoms with Crippen molar-refractivity contribution in [2.24, 2.45) is 5.73 Å². The molecule has 1 aliphatic carbocycles. The van der Waals surface area contributed by atoms with Crippen LogP contribution in [-0.2, 0) is 17.8 Å². The molecule has 1 heterocycles. The van der Waals surface area contributed by atoms with E-state index in [4.69, 9.17) is 10.5 Å². The number of ether oxygens (including phenoxy) is 1. The number of aromatic nitrogens is 2. The zero-order valence-corrected chi connectivity index (χ0v) is 11.7. The van der Waals surface area contributed by atoms with Crippen LogP contribution in [0.4, 0.5) is 0 Å². The van der Waals surface area contributed by atoms with Crippen molar-refractivity contribution < 1.29 is 9.53 Å². The van der Waals surface area contributed by atoms with Crippen LogP contribution in [0.5, 0.6) is 5.75 Å². The van der Waals surface area contributed by atoms with Crippen LogP contribution in [0.3, 0.4) is 0 Å². The Balaban J connectivity index is 1.66. The summed E-state index contributed by atoms with van der Waals surface area (Å²) in [5.41, 5.74) is 6.03. The highest BCUT2D eigenvalue weighted by Crippen LogP contribution is 2.41. The van der Waals surface area contributed by atoms with Crippen LogP contribution >= 0.6 is 11.3 Å². The SMILES string of the molecule is NC(=O)Cc1ccccc1OCc1nnc(C2CC2)s1. The molecule has 1 saturated carbocycles. The van der Waals surface area contributed by atoms with Gasteiger partial charge in [0.2, 0.25) is 5.91 Å². The molecule has 1 aromatic heterocycles. The number of hydrogen-bond acceptors (Lipinski definition) is 5. The molecule has 0 bridgehead atoms. The highest BCUT2D eigenvalue weighted by atomic mass is 32.1. The van der Waals surface area contributed by atoms with Crippen molar-refractivity contribution >= 4 is 17.2 Å². The van der Waals surface area contributed by atoms with E-state index < -0.39 is 0 Å². The number of hydrogen-bond donors (Lipinski definition) is 1. The minimum absolute atomic E-state index is 0.180. The first-order valence-corrected chi connectivity index (χ1v) is 7.35. The van der Waals surface area contributed by atoms with Gasteiger partial charge in [0.05, 0.1) is 6.42 Å². The number of amides is 1. The molecule has 3 rings (SSSR count). The first kappa shape index (κ1) is 13.1. The van der Waals surface area contributed by atoms with E-state index >= 15 is 0 Å². The number of primary amides is 1. The minimum atomic E-state index is -0.368. The fourth-order valence-corrected chi connectivity index (χ4v) is 2.86. The van der Waals surface area contributed by atoms with Crippen molar-refractivity contribution in [2.45, 2.75) is 31.8 Å². The average molecular weight is 289 g/mol. The summed E-state index contributed by atoms with van der Waals surface area (Å²) in [6.07, 6.45) is 2.62. The molecule has 2 N–H and O–H groups in total. The first-order valence-electron chi connectivity index (χ1n) is 6.53. The van der Waals surface area contributed by atoms with Crippen LogP contribution in [0.25, 0.3) is 0 Å². The van der Waals surface area contributed by atoms with Gasteiger partial charge in [-0.1, -0.05) is 29.5 Å². The highest BCUT2D eigenvalue weighted by molar-refractivity contribution is 7.11. The van der Waals surface area contributed by atoms with Gasteiger partial charge in [-0.2, -0.15) is 0 Å². The number of carbonyl (C=O) groups excluding carboxylic acids is 1. The molecule has 5 nitrogen and oxygen atoms in total. The van der Waals surface area contributed by atoms with Gasteiger partial charge in [-0.15, -0.1) is 10.2 Å². The fourth-order valence-electron chi connectivity index (χ4n) is 1.94. The predicted molar refractivity (Wildman–Crippen MR) is 75.6 cm³/mol. The molecule has 1 aromatic carbocycles.